The van der Waals surface area contributed by atoms with E-state index in [0.717, 1.165) is 13.1 Å². The lowest BCUT2D eigenvalue weighted by molar-refractivity contribution is 0.0948. The number of nitrogens with one attached hydrogen (secondary N) is 1. The van der Waals surface area contributed by atoms with Crippen LogP contribution in [-0.4, -0.2) is 66.4 Å². The van der Waals surface area contributed by atoms with Crippen molar-refractivity contribution in [3.63, 3.8) is 0 Å². The first kappa shape index (κ1) is 18.1. The molecule has 0 radical (unpaired) electrons. The molecule has 3 rings (SSSR count). The Morgan fingerprint density at radius 1 is 1.19 bits per heavy atom. The van der Waals surface area contributed by atoms with E-state index < -0.39 is 0 Å². The number of rotatable bonds is 5. The molecular formula is C16H23N7O3. The van der Waals surface area contributed by atoms with Gasteiger partial charge in [0.1, 0.15) is 11.3 Å². The highest BCUT2D eigenvalue weighted by Gasteiger charge is 2.20. The Labute approximate surface area is 151 Å². The Balaban J connectivity index is 1.78. The van der Waals surface area contributed by atoms with E-state index in [1.54, 1.807) is 13.8 Å². The van der Waals surface area contributed by atoms with E-state index in [1.807, 2.05) is 19.0 Å². The van der Waals surface area contributed by atoms with Crippen molar-refractivity contribution in [2.45, 2.75) is 20.4 Å². The van der Waals surface area contributed by atoms with Crippen LogP contribution in [0.4, 0.5) is 11.9 Å². The van der Waals surface area contributed by atoms with Gasteiger partial charge in [0.05, 0.1) is 25.5 Å². The summed E-state index contributed by atoms with van der Waals surface area (Å²) in [4.78, 5) is 29.7. The third-order valence-corrected chi connectivity index (χ3v) is 4.02. The number of aromatic nitrogens is 4. The van der Waals surface area contributed by atoms with Crippen molar-refractivity contribution in [2.24, 2.45) is 0 Å². The highest BCUT2D eigenvalue weighted by Crippen LogP contribution is 2.15. The molecule has 0 spiro atoms. The minimum Gasteiger partial charge on any atom is -0.378 e. The minimum absolute atomic E-state index is 0.184. The number of hydrogen-bond donors (Lipinski definition) is 1. The van der Waals surface area contributed by atoms with Crippen LogP contribution in [0.1, 0.15) is 27.6 Å². The zero-order valence-corrected chi connectivity index (χ0v) is 15.4. The monoisotopic (exact) mass is 361 g/mol. The number of morpholine rings is 1. The predicted octanol–water partition coefficient (Wildman–Crippen LogP) is 0.309. The van der Waals surface area contributed by atoms with Crippen LogP contribution in [0.15, 0.2) is 4.52 Å². The van der Waals surface area contributed by atoms with Gasteiger partial charge in [-0.25, -0.2) is 0 Å². The standard InChI is InChI=1S/C16H23N7O3/c1-10-13(11(2)26-21-10)14(24)17-9-12-18-15(22(3)4)20-16(19-12)23-5-7-25-8-6-23/h5-9H2,1-4H3,(H,17,24). The van der Waals surface area contributed by atoms with E-state index in [2.05, 4.69) is 30.3 Å². The minimum atomic E-state index is -0.263. The number of carbonyl (C=O) groups excluding carboxylic acids is 1. The van der Waals surface area contributed by atoms with Crippen LogP contribution in [-0.2, 0) is 11.3 Å². The van der Waals surface area contributed by atoms with Gasteiger partial charge >= 0.3 is 0 Å². The van der Waals surface area contributed by atoms with Crippen molar-refractivity contribution in [3.8, 4) is 0 Å². The number of ether oxygens (including phenoxy) is 1. The average molecular weight is 361 g/mol. The molecule has 0 bridgehead atoms. The topological polar surface area (TPSA) is 110 Å². The summed E-state index contributed by atoms with van der Waals surface area (Å²) in [6.07, 6.45) is 0. The van der Waals surface area contributed by atoms with Crippen molar-refractivity contribution in [3.05, 3.63) is 22.8 Å². The molecule has 3 heterocycles. The summed E-state index contributed by atoms with van der Waals surface area (Å²) in [6, 6.07) is 0. The molecule has 0 unspecified atom stereocenters. The molecular weight excluding hydrogens is 338 g/mol. The van der Waals surface area contributed by atoms with Gasteiger partial charge in [-0.2, -0.15) is 15.0 Å². The molecule has 2 aromatic heterocycles. The molecule has 1 aliphatic rings. The van der Waals surface area contributed by atoms with Gasteiger partial charge in [-0.05, 0) is 13.8 Å². The highest BCUT2D eigenvalue weighted by atomic mass is 16.5. The smallest absolute Gasteiger partial charge is 0.257 e. The Hall–Kier alpha value is -2.75. The lowest BCUT2D eigenvalue weighted by atomic mass is 10.2. The Morgan fingerprint density at radius 2 is 1.92 bits per heavy atom. The van der Waals surface area contributed by atoms with Crippen molar-refractivity contribution in [1.29, 1.82) is 0 Å². The first-order valence-corrected chi connectivity index (χ1v) is 8.41. The normalized spacial score (nSPS) is 14.4. The molecule has 1 aliphatic heterocycles. The van der Waals surface area contributed by atoms with E-state index in [9.17, 15) is 4.79 Å². The fraction of sp³-hybridized carbons (Fsp3) is 0.562. The van der Waals surface area contributed by atoms with Crippen molar-refractivity contribution < 1.29 is 14.1 Å². The summed E-state index contributed by atoms with van der Waals surface area (Å²) < 4.78 is 10.4. The highest BCUT2D eigenvalue weighted by molar-refractivity contribution is 5.95. The Morgan fingerprint density at radius 3 is 2.54 bits per heavy atom. The second-order valence-electron chi connectivity index (χ2n) is 6.23. The number of anilines is 2. The maximum atomic E-state index is 12.4. The predicted molar refractivity (Wildman–Crippen MR) is 94.3 cm³/mol. The SMILES string of the molecule is Cc1noc(C)c1C(=O)NCc1nc(N(C)C)nc(N2CCOCC2)n1. The molecule has 1 amide bonds. The van der Waals surface area contributed by atoms with Crippen LogP contribution in [0.5, 0.6) is 0 Å². The van der Waals surface area contributed by atoms with E-state index in [4.69, 9.17) is 9.26 Å². The maximum Gasteiger partial charge on any atom is 0.257 e. The third kappa shape index (κ3) is 3.90. The molecule has 26 heavy (non-hydrogen) atoms. The van der Waals surface area contributed by atoms with Crippen LogP contribution in [0.3, 0.4) is 0 Å². The van der Waals surface area contributed by atoms with Crippen LogP contribution < -0.4 is 15.1 Å². The van der Waals surface area contributed by atoms with Gasteiger partial charge in [0, 0.05) is 27.2 Å². The van der Waals surface area contributed by atoms with Crippen molar-refractivity contribution >= 4 is 17.8 Å². The summed E-state index contributed by atoms with van der Waals surface area (Å²) in [5, 5.41) is 6.63. The van der Waals surface area contributed by atoms with E-state index in [1.165, 1.54) is 0 Å². The number of amides is 1. The molecule has 10 nitrogen and oxygen atoms in total. The molecule has 0 atom stereocenters. The zero-order valence-electron chi connectivity index (χ0n) is 15.4. The molecule has 140 valence electrons. The van der Waals surface area contributed by atoms with Gasteiger partial charge in [-0.1, -0.05) is 5.16 Å². The van der Waals surface area contributed by atoms with Gasteiger partial charge in [0.15, 0.2) is 5.82 Å². The largest absolute Gasteiger partial charge is 0.378 e. The second kappa shape index (κ2) is 7.65. The van der Waals surface area contributed by atoms with Gasteiger partial charge in [-0.15, -0.1) is 0 Å². The summed E-state index contributed by atoms with van der Waals surface area (Å²) in [6.45, 7) is 6.35. The van der Waals surface area contributed by atoms with E-state index in [0.29, 0.717) is 48.0 Å². The quantitative estimate of drug-likeness (QED) is 0.804. The third-order valence-electron chi connectivity index (χ3n) is 4.02. The van der Waals surface area contributed by atoms with E-state index >= 15 is 0 Å². The van der Waals surface area contributed by atoms with Crippen molar-refractivity contribution in [1.82, 2.24) is 25.4 Å². The average Bonchev–Trinajstić information content (AvgIpc) is 2.98. The first-order valence-electron chi connectivity index (χ1n) is 8.41. The Kier molecular flexibility index (Phi) is 5.31. The maximum absolute atomic E-state index is 12.4. The second-order valence-corrected chi connectivity index (χ2v) is 6.23. The van der Waals surface area contributed by atoms with Crippen molar-refractivity contribution in [2.75, 3.05) is 50.2 Å². The van der Waals surface area contributed by atoms with Crippen LogP contribution in [0.25, 0.3) is 0 Å². The van der Waals surface area contributed by atoms with Gasteiger partial charge < -0.3 is 24.4 Å². The fourth-order valence-corrected chi connectivity index (χ4v) is 2.63. The molecule has 0 saturated carbocycles. The summed E-state index contributed by atoms with van der Waals surface area (Å²) in [7, 11) is 3.73. The molecule has 2 aromatic rings. The van der Waals surface area contributed by atoms with Crippen LogP contribution in [0, 0.1) is 13.8 Å². The molecule has 0 aliphatic carbocycles. The molecule has 0 aromatic carbocycles. The van der Waals surface area contributed by atoms with Gasteiger partial charge in [0.25, 0.3) is 5.91 Å². The number of aryl methyl sites for hydroxylation is 2. The zero-order chi connectivity index (χ0) is 18.7. The Bertz CT molecular complexity index is 765. The number of hydrogen-bond acceptors (Lipinski definition) is 9. The lowest BCUT2D eigenvalue weighted by Crippen LogP contribution is -2.38. The molecule has 1 fully saturated rings. The van der Waals surface area contributed by atoms with Crippen LogP contribution in [0.2, 0.25) is 0 Å². The van der Waals surface area contributed by atoms with Crippen LogP contribution >= 0.6 is 0 Å². The summed E-state index contributed by atoms with van der Waals surface area (Å²) >= 11 is 0. The van der Waals surface area contributed by atoms with Gasteiger partial charge in [0.2, 0.25) is 11.9 Å². The fourth-order valence-electron chi connectivity index (χ4n) is 2.63. The van der Waals surface area contributed by atoms with Gasteiger partial charge in [-0.3, -0.25) is 4.79 Å². The number of carbonyl (C=O) groups is 1. The lowest BCUT2D eigenvalue weighted by Gasteiger charge is -2.27. The molecule has 1 N–H and O–H groups in total. The first-order chi connectivity index (χ1) is 12.5. The van der Waals surface area contributed by atoms with E-state index in [-0.39, 0.29) is 12.5 Å². The molecule has 10 heteroatoms. The summed E-state index contributed by atoms with van der Waals surface area (Å²) in [5.74, 6) is 1.85. The molecule has 1 saturated heterocycles. The number of nitrogens with zero attached hydrogens (tertiary/aromatic N) is 6. The summed E-state index contributed by atoms with van der Waals surface area (Å²) in [5.41, 5.74) is 0.999.